The third-order valence-corrected chi connectivity index (χ3v) is 4.78. The summed E-state index contributed by atoms with van der Waals surface area (Å²) < 4.78 is 4.96. The van der Waals surface area contributed by atoms with Gasteiger partial charge in [0.05, 0.1) is 0 Å². The van der Waals surface area contributed by atoms with Crippen LogP contribution in [0.4, 0.5) is 5.95 Å². The quantitative estimate of drug-likeness (QED) is 0.858. The molecule has 0 aliphatic carbocycles. The van der Waals surface area contributed by atoms with Crippen LogP contribution in [0.2, 0.25) is 5.28 Å². The number of hydrogen-bond acceptors (Lipinski definition) is 8. The number of nitrogens with zero attached hydrogens (tertiary/aromatic N) is 6. The average molecular weight is 329 g/mol. The molecule has 0 spiro atoms. The molecule has 0 bridgehead atoms. The Bertz CT molecular complexity index is 598. The Hall–Kier alpha value is -0.990. The van der Waals surface area contributed by atoms with Crippen molar-refractivity contribution in [3.05, 3.63) is 11.1 Å². The molecule has 0 unspecified atom stereocenters. The Labute approximate surface area is 130 Å². The molecule has 0 saturated carbocycles. The predicted molar refractivity (Wildman–Crippen MR) is 79.7 cm³/mol. The second-order valence-electron chi connectivity index (χ2n) is 4.44. The monoisotopic (exact) mass is 328 g/mol. The second kappa shape index (κ2) is 6.19. The standard InChI is InChI=1S/C11H13ClN6S2/c1-7-13-11(20-17-7)19-10-15-8(12)14-9(16-10)18-5-3-2-4-6-18/h2-6H2,1H3. The zero-order valence-electron chi connectivity index (χ0n) is 10.9. The lowest BCUT2D eigenvalue weighted by Gasteiger charge is -2.26. The average Bonchev–Trinajstić information content (AvgIpc) is 2.84. The first kappa shape index (κ1) is 14.0. The van der Waals surface area contributed by atoms with Crippen molar-refractivity contribution in [3.8, 4) is 0 Å². The first-order valence-corrected chi connectivity index (χ1v) is 8.32. The van der Waals surface area contributed by atoms with Crippen LogP contribution >= 0.6 is 34.9 Å². The Morgan fingerprint density at radius 2 is 1.90 bits per heavy atom. The van der Waals surface area contributed by atoms with Crippen LogP contribution < -0.4 is 4.90 Å². The van der Waals surface area contributed by atoms with Crippen LogP contribution in [0.3, 0.4) is 0 Å². The number of anilines is 1. The Morgan fingerprint density at radius 3 is 2.60 bits per heavy atom. The fourth-order valence-electron chi connectivity index (χ4n) is 2.00. The lowest BCUT2D eigenvalue weighted by atomic mass is 10.1. The summed E-state index contributed by atoms with van der Waals surface area (Å²) in [6.07, 6.45) is 3.60. The van der Waals surface area contributed by atoms with E-state index < -0.39 is 0 Å². The van der Waals surface area contributed by atoms with Crippen molar-refractivity contribution in [3.63, 3.8) is 0 Å². The first-order chi connectivity index (χ1) is 9.70. The minimum Gasteiger partial charge on any atom is -0.341 e. The topological polar surface area (TPSA) is 67.7 Å². The molecule has 0 aromatic carbocycles. The second-order valence-corrected chi connectivity index (χ2v) is 6.75. The van der Waals surface area contributed by atoms with Crippen LogP contribution in [0.15, 0.2) is 9.50 Å². The number of rotatable bonds is 3. The van der Waals surface area contributed by atoms with E-state index in [0.717, 1.165) is 23.3 Å². The molecular formula is C11H13ClN6S2. The molecule has 3 heterocycles. The van der Waals surface area contributed by atoms with E-state index in [0.29, 0.717) is 11.1 Å². The zero-order valence-corrected chi connectivity index (χ0v) is 13.3. The summed E-state index contributed by atoms with van der Waals surface area (Å²) in [5.74, 6) is 1.42. The minimum atomic E-state index is 0.226. The molecule has 0 N–H and O–H groups in total. The Balaban J connectivity index is 1.82. The van der Waals surface area contributed by atoms with Crippen LogP contribution in [0.5, 0.6) is 0 Å². The summed E-state index contributed by atoms with van der Waals surface area (Å²) in [4.78, 5) is 19.3. The molecular weight excluding hydrogens is 316 g/mol. The van der Waals surface area contributed by atoms with Gasteiger partial charge in [-0.25, -0.2) is 4.98 Å². The largest absolute Gasteiger partial charge is 0.341 e. The number of hydrogen-bond donors (Lipinski definition) is 0. The van der Waals surface area contributed by atoms with Gasteiger partial charge in [0.1, 0.15) is 5.82 Å². The van der Waals surface area contributed by atoms with Gasteiger partial charge in [-0.2, -0.15) is 19.3 Å². The van der Waals surface area contributed by atoms with Crippen molar-refractivity contribution in [2.24, 2.45) is 0 Å². The molecule has 6 nitrogen and oxygen atoms in total. The lowest BCUT2D eigenvalue weighted by Crippen LogP contribution is -2.31. The van der Waals surface area contributed by atoms with Gasteiger partial charge in [-0.1, -0.05) is 0 Å². The van der Waals surface area contributed by atoms with Gasteiger partial charge >= 0.3 is 0 Å². The summed E-state index contributed by atoms with van der Waals surface area (Å²) in [7, 11) is 0. The fourth-order valence-corrected chi connectivity index (χ4v) is 3.71. The summed E-state index contributed by atoms with van der Waals surface area (Å²) in [6.45, 7) is 3.81. The molecule has 106 valence electrons. The van der Waals surface area contributed by atoms with Gasteiger partial charge in [0, 0.05) is 13.1 Å². The third kappa shape index (κ3) is 3.36. The smallest absolute Gasteiger partial charge is 0.230 e. The van der Waals surface area contributed by atoms with E-state index in [-0.39, 0.29) is 5.28 Å². The van der Waals surface area contributed by atoms with Crippen LogP contribution in [0, 0.1) is 6.92 Å². The summed E-state index contributed by atoms with van der Waals surface area (Å²) in [6, 6.07) is 0. The summed E-state index contributed by atoms with van der Waals surface area (Å²) >= 11 is 8.71. The molecule has 0 atom stereocenters. The number of piperidine rings is 1. The normalized spacial score (nSPS) is 15.6. The van der Waals surface area contributed by atoms with E-state index in [2.05, 4.69) is 29.2 Å². The van der Waals surface area contributed by atoms with Gasteiger partial charge in [0.15, 0.2) is 4.34 Å². The van der Waals surface area contributed by atoms with E-state index in [1.54, 1.807) is 0 Å². The number of aryl methyl sites for hydroxylation is 1. The molecule has 20 heavy (non-hydrogen) atoms. The third-order valence-electron chi connectivity index (χ3n) is 2.90. The van der Waals surface area contributed by atoms with Gasteiger partial charge in [0.25, 0.3) is 0 Å². The van der Waals surface area contributed by atoms with Gasteiger partial charge in [-0.05, 0) is 61.1 Å². The predicted octanol–water partition coefficient (Wildman–Crippen LogP) is 2.83. The number of aromatic nitrogens is 5. The zero-order chi connectivity index (χ0) is 13.9. The summed E-state index contributed by atoms with van der Waals surface area (Å²) in [5, 5.41) is 0.797. The maximum absolute atomic E-state index is 6.01. The van der Waals surface area contributed by atoms with Crippen LogP contribution in [0.1, 0.15) is 25.1 Å². The lowest BCUT2D eigenvalue weighted by molar-refractivity contribution is 0.564. The van der Waals surface area contributed by atoms with E-state index in [9.17, 15) is 0 Å². The SMILES string of the molecule is Cc1nsc(Sc2nc(Cl)nc(N3CCCCC3)n2)n1. The molecule has 0 amide bonds. The van der Waals surface area contributed by atoms with Crippen molar-refractivity contribution in [1.29, 1.82) is 0 Å². The molecule has 9 heteroatoms. The molecule has 1 fully saturated rings. The molecule has 0 radical (unpaired) electrons. The molecule has 1 aliphatic rings. The van der Waals surface area contributed by atoms with Crippen LogP contribution in [0.25, 0.3) is 0 Å². The van der Waals surface area contributed by atoms with Gasteiger partial charge < -0.3 is 4.90 Å². The fraction of sp³-hybridized carbons (Fsp3) is 0.545. The highest BCUT2D eigenvalue weighted by atomic mass is 35.5. The number of halogens is 1. The van der Waals surface area contributed by atoms with E-state index in [4.69, 9.17) is 11.6 Å². The van der Waals surface area contributed by atoms with Gasteiger partial charge in [0.2, 0.25) is 16.4 Å². The van der Waals surface area contributed by atoms with Crippen molar-refractivity contribution in [1.82, 2.24) is 24.3 Å². The highest BCUT2D eigenvalue weighted by Gasteiger charge is 2.16. The molecule has 2 aromatic rings. The van der Waals surface area contributed by atoms with Gasteiger partial charge in [-0.15, -0.1) is 0 Å². The van der Waals surface area contributed by atoms with Crippen molar-refractivity contribution in [2.75, 3.05) is 18.0 Å². The maximum atomic E-state index is 6.01. The molecule has 1 saturated heterocycles. The van der Waals surface area contributed by atoms with Gasteiger partial charge in [-0.3, -0.25) is 0 Å². The highest BCUT2D eigenvalue weighted by molar-refractivity contribution is 8.00. The van der Waals surface area contributed by atoms with Crippen molar-refractivity contribution >= 4 is 40.8 Å². The Kier molecular flexibility index (Phi) is 4.32. The van der Waals surface area contributed by atoms with Crippen molar-refractivity contribution in [2.45, 2.75) is 35.7 Å². The van der Waals surface area contributed by atoms with Crippen molar-refractivity contribution < 1.29 is 0 Å². The molecule has 1 aliphatic heterocycles. The van der Waals surface area contributed by atoms with E-state index in [1.807, 2.05) is 6.92 Å². The summed E-state index contributed by atoms with van der Waals surface area (Å²) in [5.41, 5.74) is 0. The first-order valence-electron chi connectivity index (χ1n) is 6.35. The van der Waals surface area contributed by atoms with Crippen LogP contribution in [-0.4, -0.2) is 37.4 Å². The van der Waals surface area contributed by atoms with E-state index >= 15 is 0 Å². The molecule has 3 rings (SSSR count). The van der Waals surface area contributed by atoms with Crippen LogP contribution in [-0.2, 0) is 0 Å². The maximum Gasteiger partial charge on any atom is 0.230 e. The molecule has 2 aromatic heterocycles. The highest BCUT2D eigenvalue weighted by Crippen LogP contribution is 2.28. The Morgan fingerprint density at radius 1 is 1.10 bits per heavy atom. The minimum absolute atomic E-state index is 0.226. The van der Waals surface area contributed by atoms with E-state index in [1.165, 1.54) is 42.6 Å².